The fourth-order valence-corrected chi connectivity index (χ4v) is 2.87. The highest BCUT2D eigenvalue weighted by atomic mass is 19.3. The van der Waals surface area contributed by atoms with E-state index in [2.05, 4.69) is 26.1 Å². The Labute approximate surface area is 141 Å². The fourth-order valence-electron chi connectivity index (χ4n) is 2.87. The summed E-state index contributed by atoms with van der Waals surface area (Å²) in [7, 11) is 0. The third-order valence-electron chi connectivity index (χ3n) is 4.22. The Hall–Kier alpha value is -1.69. The van der Waals surface area contributed by atoms with Crippen LogP contribution in [0.4, 0.5) is 14.5 Å². The van der Waals surface area contributed by atoms with Crippen LogP contribution in [0.1, 0.15) is 43.1 Å². The molecule has 1 fully saturated rings. The van der Waals surface area contributed by atoms with Crippen LogP contribution in [0.2, 0.25) is 0 Å². The van der Waals surface area contributed by atoms with Gasteiger partial charge in [-0.3, -0.25) is 4.79 Å². The number of hydrogen-bond acceptors (Lipinski definition) is 3. The van der Waals surface area contributed by atoms with Crippen molar-refractivity contribution < 1.29 is 18.7 Å². The molecule has 0 radical (unpaired) electrons. The van der Waals surface area contributed by atoms with Gasteiger partial charge in [0.1, 0.15) is 0 Å². The quantitative estimate of drug-likeness (QED) is 0.884. The van der Waals surface area contributed by atoms with E-state index in [0.29, 0.717) is 5.56 Å². The molecule has 1 aromatic rings. The molecule has 1 saturated heterocycles. The molecule has 4 nitrogen and oxygen atoms in total. The molecule has 1 aliphatic heterocycles. The number of aliphatic hydroxyl groups is 1. The van der Waals surface area contributed by atoms with Gasteiger partial charge in [0.2, 0.25) is 0 Å². The number of amides is 1. The van der Waals surface area contributed by atoms with E-state index in [1.54, 1.807) is 19.1 Å². The zero-order valence-corrected chi connectivity index (χ0v) is 14.7. The van der Waals surface area contributed by atoms with E-state index in [0.717, 1.165) is 22.7 Å². The number of benzene rings is 1. The monoisotopic (exact) mass is 340 g/mol. The van der Waals surface area contributed by atoms with Gasteiger partial charge in [0.25, 0.3) is 11.8 Å². The Morgan fingerprint density at radius 3 is 2.67 bits per heavy atom. The molecule has 6 heteroatoms. The molecule has 1 unspecified atom stereocenters. The van der Waals surface area contributed by atoms with Crippen LogP contribution in [0.15, 0.2) is 18.2 Å². The first-order chi connectivity index (χ1) is 11.0. The smallest absolute Gasteiger partial charge is 0.267 e. The van der Waals surface area contributed by atoms with E-state index in [9.17, 15) is 18.7 Å². The molecule has 24 heavy (non-hydrogen) atoms. The van der Waals surface area contributed by atoms with Crippen LogP contribution < -0.4 is 5.32 Å². The number of aliphatic hydroxyl groups excluding tert-OH is 1. The number of nitrogens with zero attached hydrogens (tertiary/aromatic N) is 1. The molecule has 0 bridgehead atoms. The second-order valence-electron chi connectivity index (χ2n) is 7.72. The molecule has 1 aliphatic rings. The Balaban J connectivity index is 2.24. The third kappa shape index (κ3) is 4.23. The molecule has 2 N–H and O–H groups in total. The standard InChI is InChI=1S/C18H26F2N2O2/c1-12-14(6-5-7-15(12)21-10-17(2,3)4)16(24)22-11-18(19,20)8-13(22)9-23/h5-7,13,21,23H,8-11H2,1-4H3. The SMILES string of the molecule is Cc1c(NCC(C)(C)C)cccc1C(=O)N1CC(F)(F)CC1CO. The van der Waals surface area contributed by atoms with E-state index >= 15 is 0 Å². The maximum atomic E-state index is 13.6. The zero-order valence-electron chi connectivity index (χ0n) is 14.7. The largest absolute Gasteiger partial charge is 0.394 e. The van der Waals surface area contributed by atoms with Crippen molar-refractivity contribution in [1.82, 2.24) is 4.90 Å². The Morgan fingerprint density at radius 1 is 1.42 bits per heavy atom. The summed E-state index contributed by atoms with van der Waals surface area (Å²) >= 11 is 0. The van der Waals surface area contributed by atoms with Crippen LogP contribution in [0.5, 0.6) is 0 Å². The molecule has 0 saturated carbocycles. The van der Waals surface area contributed by atoms with E-state index in [1.807, 2.05) is 6.07 Å². The second-order valence-corrected chi connectivity index (χ2v) is 7.72. The van der Waals surface area contributed by atoms with Gasteiger partial charge in [0, 0.05) is 24.2 Å². The number of carbonyl (C=O) groups excluding carboxylic acids is 1. The summed E-state index contributed by atoms with van der Waals surface area (Å²) in [5.74, 6) is -3.40. The molecule has 0 spiro atoms. The molecule has 1 atom stereocenters. The number of nitrogens with one attached hydrogen (secondary N) is 1. The molecule has 0 aromatic heterocycles. The van der Waals surface area contributed by atoms with Crippen molar-refractivity contribution in [2.45, 2.75) is 46.1 Å². The normalized spacial score (nSPS) is 20.3. The highest BCUT2D eigenvalue weighted by Crippen LogP contribution is 2.33. The van der Waals surface area contributed by atoms with Crippen molar-refractivity contribution in [3.63, 3.8) is 0 Å². The molecule has 1 amide bonds. The number of likely N-dealkylation sites (tertiary alicyclic amines) is 1. The summed E-state index contributed by atoms with van der Waals surface area (Å²) in [6.07, 6.45) is -0.490. The van der Waals surface area contributed by atoms with Crippen molar-refractivity contribution in [3.05, 3.63) is 29.3 Å². The van der Waals surface area contributed by atoms with Gasteiger partial charge in [0.15, 0.2) is 0 Å². The summed E-state index contributed by atoms with van der Waals surface area (Å²) < 4.78 is 27.2. The first-order valence-electron chi connectivity index (χ1n) is 8.17. The maximum Gasteiger partial charge on any atom is 0.267 e. The van der Waals surface area contributed by atoms with E-state index in [-0.39, 0.29) is 5.41 Å². The van der Waals surface area contributed by atoms with E-state index < -0.39 is 37.4 Å². The van der Waals surface area contributed by atoms with Crippen LogP contribution in [-0.4, -0.2) is 47.6 Å². The number of alkyl halides is 2. The lowest BCUT2D eigenvalue weighted by Crippen LogP contribution is -2.38. The number of anilines is 1. The van der Waals surface area contributed by atoms with Crippen LogP contribution in [0.3, 0.4) is 0 Å². The zero-order chi connectivity index (χ0) is 18.1. The Bertz CT molecular complexity index is 612. The van der Waals surface area contributed by atoms with Crippen molar-refractivity contribution in [1.29, 1.82) is 0 Å². The van der Waals surface area contributed by atoms with Crippen LogP contribution >= 0.6 is 0 Å². The van der Waals surface area contributed by atoms with Crippen molar-refractivity contribution in [2.75, 3.05) is 25.0 Å². The van der Waals surface area contributed by atoms with Crippen LogP contribution in [0.25, 0.3) is 0 Å². The first-order valence-corrected chi connectivity index (χ1v) is 8.17. The number of rotatable bonds is 4. The van der Waals surface area contributed by atoms with Gasteiger partial charge in [0.05, 0.1) is 19.2 Å². The fraction of sp³-hybridized carbons (Fsp3) is 0.611. The third-order valence-corrected chi connectivity index (χ3v) is 4.22. The minimum absolute atomic E-state index is 0.0748. The Kier molecular flexibility index (Phi) is 5.18. The van der Waals surface area contributed by atoms with Gasteiger partial charge < -0.3 is 15.3 Å². The molecular formula is C18H26F2N2O2. The molecule has 134 valence electrons. The maximum absolute atomic E-state index is 13.6. The summed E-state index contributed by atoms with van der Waals surface area (Å²) in [6, 6.07) is 4.43. The molecule has 1 heterocycles. The van der Waals surface area contributed by atoms with Gasteiger partial charge in [-0.2, -0.15) is 0 Å². The van der Waals surface area contributed by atoms with Gasteiger partial charge in [-0.1, -0.05) is 26.8 Å². The lowest BCUT2D eigenvalue weighted by Gasteiger charge is -2.25. The van der Waals surface area contributed by atoms with Crippen LogP contribution in [0, 0.1) is 12.3 Å². The van der Waals surface area contributed by atoms with Crippen LogP contribution in [-0.2, 0) is 0 Å². The number of hydrogen-bond donors (Lipinski definition) is 2. The van der Waals surface area contributed by atoms with E-state index in [1.165, 1.54) is 0 Å². The molecular weight excluding hydrogens is 314 g/mol. The van der Waals surface area contributed by atoms with Crippen molar-refractivity contribution in [3.8, 4) is 0 Å². The predicted octanol–water partition coefficient (Wildman–Crippen LogP) is 3.30. The summed E-state index contributed by atoms with van der Waals surface area (Å²) in [4.78, 5) is 13.8. The topological polar surface area (TPSA) is 52.6 Å². The lowest BCUT2D eigenvalue weighted by atomic mass is 9.96. The highest BCUT2D eigenvalue weighted by molar-refractivity contribution is 5.97. The van der Waals surface area contributed by atoms with E-state index in [4.69, 9.17) is 0 Å². The van der Waals surface area contributed by atoms with Gasteiger partial charge in [-0.25, -0.2) is 8.78 Å². The average molecular weight is 340 g/mol. The summed E-state index contributed by atoms with van der Waals surface area (Å²) in [6.45, 7) is 7.74. The van der Waals surface area contributed by atoms with Crippen molar-refractivity contribution >= 4 is 11.6 Å². The average Bonchev–Trinajstić information content (AvgIpc) is 2.80. The van der Waals surface area contributed by atoms with Crippen molar-refractivity contribution in [2.24, 2.45) is 5.41 Å². The Morgan fingerprint density at radius 2 is 2.08 bits per heavy atom. The second kappa shape index (κ2) is 6.67. The first kappa shape index (κ1) is 18.6. The highest BCUT2D eigenvalue weighted by Gasteiger charge is 2.47. The lowest BCUT2D eigenvalue weighted by molar-refractivity contribution is 0.0116. The van der Waals surface area contributed by atoms with Gasteiger partial charge in [-0.15, -0.1) is 0 Å². The van der Waals surface area contributed by atoms with Gasteiger partial charge >= 0.3 is 0 Å². The minimum atomic E-state index is -2.95. The number of carbonyl (C=O) groups is 1. The molecule has 2 rings (SSSR count). The molecule has 1 aromatic carbocycles. The minimum Gasteiger partial charge on any atom is -0.394 e. The number of halogens is 2. The summed E-state index contributed by atoms with van der Waals surface area (Å²) in [5.41, 5.74) is 2.02. The predicted molar refractivity (Wildman–Crippen MR) is 90.6 cm³/mol. The van der Waals surface area contributed by atoms with Gasteiger partial charge in [-0.05, 0) is 30.0 Å². The molecule has 0 aliphatic carbocycles. The summed E-state index contributed by atoms with van der Waals surface area (Å²) in [5, 5.41) is 12.6.